The molecule has 1 N–H and O–H groups in total. The highest BCUT2D eigenvalue weighted by atomic mass is 16.5. The summed E-state index contributed by atoms with van der Waals surface area (Å²) in [4.78, 5) is 49.7. The van der Waals surface area contributed by atoms with E-state index in [9.17, 15) is 19.2 Å². The number of rotatable bonds is 7. The average Bonchev–Trinajstić information content (AvgIpc) is 2.97. The second-order valence-corrected chi connectivity index (χ2v) is 7.56. The van der Waals surface area contributed by atoms with E-state index >= 15 is 0 Å². The molecule has 3 amide bonds. The van der Waals surface area contributed by atoms with E-state index in [1.807, 2.05) is 24.3 Å². The highest BCUT2D eigenvalue weighted by Gasteiger charge is 2.47. The summed E-state index contributed by atoms with van der Waals surface area (Å²) in [5, 5.41) is 2.66. The van der Waals surface area contributed by atoms with Crippen molar-refractivity contribution in [2.75, 3.05) is 18.5 Å². The molecule has 2 aliphatic rings. The minimum absolute atomic E-state index is 0.341. The number of carbonyl (C=O) groups is 4. The maximum absolute atomic E-state index is 12.3. The average molecular weight is 398 g/mol. The fraction of sp³-hybridized carbons (Fsp3) is 0.455. The first-order valence-corrected chi connectivity index (χ1v) is 9.96. The number of hydrogen-bond acceptors (Lipinski definition) is 5. The fourth-order valence-electron chi connectivity index (χ4n) is 3.67. The first-order valence-electron chi connectivity index (χ1n) is 9.96. The smallest absolute Gasteiger partial charge is 0.326 e. The van der Waals surface area contributed by atoms with E-state index in [4.69, 9.17) is 4.74 Å². The van der Waals surface area contributed by atoms with Crippen LogP contribution in [0.25, 0.3) is 0 Å². The van der Waals surface area contributed by atoms with Crippen molar-refractivity contribution in [3.05, 3.63) is 42.0 Å². The van der Waals surface area contributed by atoms with Crippen LogP contribution in [0.5, 0.6) is 0 Å². The second-order valence-electron chi connectivity index (χ2n) is 7.56. The number of benzene rings is 1. The Balaban J connectivity index is 1.46. The van der Waals surface area contributed by atoms with Crippen molar-refractivity contribution in [3.8, 4) is 0 Å². The number of ether oxygens (including phenoxy) is 1. The molecule has 3 rings (SSSR count). The van der Waals surface area contributed by atoms with Gasteiger partial charge in [-0.2, -0.15) is 0 Å². The van der Waals surface area contributed by atoms with E-state index in [0.29, 0.717) is 24.4 Å². The van der Waals surface area contributed by atoms with Gasteiger partial charge < -0.3 is 10.1 Å². The predicted octanol–water partition coefficient (Wildman–Crippen LogP) is 2.63. The first kappa shape index (κ1) is 20.8. The molecule has 0 saturated carbocycles. The summed E-state index contributed by atoms with van der Waals surface area (Å²) in [6.45, 7) is 3.31. The van der Waals surface area contributed by atoms with Crippen molar-refractivity contribution in [2.24, 2.45) is 11.8 Å². The summed E-state index contributed by atoms with van der Waals surface area (Å²) in [7, 11) is 0. The Kier molecular flexibility index (Phi) is 6.46. The topological polar surface area (TPSA) is 92.8 Å². The van der Waals surface area contributed by atoms with Crippen LogP contribution >= 0.6 is 0 Å². The van der Waals surface area contributed by atoms with Crippen LogP contribution in [0.3, 0.4) is 0 Å². The number of hydrogen-bond donors (Lipinski definition) is 1. The largest absolute Gasteiger partial charge is 0.454 e. The van der Waals surface area contributed by atoms with Crippen LogP contribution in [0.15, 0.2) is 36.4 Å². The van der Waals surface area contributed by atoms with E-state index < -0.39 is 25.0 Å². The Bertz CT molecular complexity index is 804. The minimum Gasteiger partial charge on any atom is -0.454 e. The maximum Gasteiger partial charge on any atom is 0.326 e. The van der Waals surface area contributed by atoms with Crippen molar-refractivity contribution in [2.45, 2.75) is 39.0 Å². The Morgan fingerprint density at radius 2 is 1.69 bits per heavy atom. The van der Waals surface area contributed by atoms with Crippen LogP contribution in [0, 0.1) is 11.8 Å². The summed E-state index contributed by atoms with van der Waals surface area (Å²) >= 11 is 0. The van der Waals surface area contributed by atoms with E-state index in [1.165, 1.54) is 5.56 Å². The van der Waals surface area contributed by atoms with E-state index in [-0.39, 0.29) is 23.7 Å². The van der Waals surface area contributed by atoms with Crippen LogP contribution in [0.2, 0.25) is 0 Å². The van der Waals surface area contributed by atoms with Gasteiger partial charge in [0.15, 0.2) is 6.61 Å². The molecule has 1 aromatic rings. The normalized spacial score (nSPS) is 21.7. The molecular formula is C22H26N2O5. The molecule has 0 aromatic heterocycles. The van der Waals surface area contributed by atoms with E-state index in [0.717, 1.165) is 11.3 Å². The highest BCUT2D eigenvalue weighted by Crippen LogP contribution is 2.34. The number of esters is 1. The molecule has 29 heavy (non-hydrogen) atoms. The number of imide groups is 1. The molecule has 3 atom stereocenters. The molecule has 1 heterocycles. The number of carbonyl (C=O) groups excluding carboxylic acids is 4. The zero-order valence-corrected chi connectivity index (χ0v) is 16.7. The molecule has 0 unspecified atom stereocenters. The van der Waals surface area contributed by atoms with Gasteiger partial charge in [-0.3, -0.25) is 24.1 Å². The number of likely N-dealkylation sites (tertiary alicyclic amines) is 1. The van der Waals surface area contributed by atoms with Gasteiger partial charge >= 0.3 is 5.97 Å². The van der Waals surface area contributed by atoms with E-state index in [1.54, 1.807) is 12.1 Å². The second kappa shape index (κ2) is 9.03. The van der Waals surface area contributed by atoms with Gasteiger partial charge in [0.05, 0.1) is 11.8 Å². The molecule has 1 aliphatic carbocycles. The lowest BCUT2D eigenvalue weighted by Gasteiger charge is -2.14. The standard InChI is InChI=1S/C22H26N2O5/c1-3-14(2)15-8-10-16(11-9-15)23-19(25)13-29-20(26)12-24-21(27)17-6-4-5-7-18(17)22(24)28/h4-5,8-11,14,17-18H,3,6-7,12-13H2,1-2H3,(H,23,25)/t14-,17+,18+/m1/s1. The van der Waals surface area contributed by atoms with E-state index in [2.05, 4.69) is 19.2 Å². The highest BCUT2D eigenvalue weighted by molar-refractivity contribution is 6.07. The van der Waals surface area contributed by atoms with Gasteiger partial charge in [0, 0.05) is 5.69 Å². The van der Waals surface area contributed by atoms with Crippen LogP contribution in [-0.4, -0.2) is 41.7 Å². The molecular weight excluding hydrogens is 372 g/mol. The lowest BCUT2D eigenvalue weighted by molar-refractivity contribution is -0.154. The van der Waals surface area contributed by atoms with Crippen molar-refractivity contribution < 1.29 is 23.9 Å². The molecule has 7 heteroatoms. The zero-order valence-electron chi connectivity index (χ0n) is 16.7. The number of fused-ring (bicyclic) bond motifs is 1. The summed E-state index contributed by atoms with van der Waals surface area (Å²) in [5.41, 5.74) is 1.80. The van der Waals surface area contributed by atoms with Gasteiger partial charge in [-0.1, -0.05) is 38.1 Å². The van der Waals surface area contributed by atoms with Crippen LogP contribution in [-0.2, 0) is 23.9 Å². The molecule has 1 aliphatic heterocycles. The Morgan fingerprint density at radius 1 is 1.10 bits per heavy atom. The predicted molar refractivity (Wildman–Crippen MR) is 107 cm³/mol. The third kappa shape index (κ3) is 4.72. The summed E-state index contributed by atoms with van der Waals surface area (Å²) in [6.07, 6.45) is 5.82. The Labute approximate surface area is 170 Å². The van der Waals surface area contributed by atoms with Gasteiger partial charge in [0.1, 0.15) is 6.54 Å². The molecule has 1 aromatic carbocycles. The Morgan fingerprint density at radius 3 is 2.24 bits per heavy atom. The van der Waals surface area contributed by atoms with Crippen molar-refractivity contribution >= 4 is 29.4 Å². The molecule has 0 bridgehead atoms. The molecule has 0 radical (unpaired) electrons. The minimum atomic E-state index is -0.777. The SMILES string of the molecule is CC[C@@H](C)c1ccc(NC(=O)COC(=O)CN2C(=O)[C@H]3CC=CC[C@@H]3C2=O)cc1. The summed E-state index contributed by atoms with van der Waals surface area (Å²) < 4.78 is 4.95. The number of anilines is 1. The fourth-order valence-corrected chi connectivity index (χ4v) is 3.67. The Hall–Kier alpha value is -2.96. The summed E-state index contributed by atoms with van der Waals surface area (Å²) in [6, 6.07) is 7.51. The van der Waals surface area contributed by atoms with Crippen molar-refractivity contribution in [1.82, 2.24) is 4.90 Å². The monoisotopic (exact) mass is 398 g/mol. The van der Waals surface area contributed by atoms with Crippen LogP contribution in [0.4, 0.5) is 5.69 Å². The lowest BCUT2D eigenvalue weighted by atomic mass is 9.85. The molecule has 154 valence electrons. The number of amides is 3. The van der Waals surface area contributed by atoms with Crippen LogP contribution < -0.4 is 5.32 Å². The van der Waals surface area contributed by atoms with Crippen molar-refractivity contribution in [3.63, 3.8) is 0 Å². The van der Waals surface area contributed by atoms with Gasteiger partial charge in [-0.25, -0.2) is 0 Å². The molecule has 7 nitrogen and oxygen atoms in total. The number of allylic oxidation sites excluding steroid dienone is 2. The third-order valence-electron chi connectivity index (χ3n) is 5.63. The lowest BCUT2D eigenvalue weighted by Crippen LogP contribution is -2.37. The molecule has 1 fully saturated rings. The number of nitrogens with one attached hydrogen (secondary N) is 1. The molecule has 1 saturated heterocycles. The van der Waals surface area contributed by atoms with Gasteiger partial charge in [-0.15, -0.1) is 0 Å². The van der Waals surface area contributed by atoms with Crippen LogP contribution in [0.1, 0.15) is 44.6 Å². The van der Waals surface area contributed by atoms with Gasteiger partial charge in [-0.05, 0) is 42.9 Å². The zero-order chi connectivity index (χ0) is 21.0. The quantitative estimate of drug-likeness (QED) is 0.433. The number of nitrogens with zero attached hydrogens (tertiary/aromatic N) is 1. The molecule has 0 spiro atoms. The maximum atomic E-state index is 12.3. The first-order chi connectivity index (χ1) is 13.9. The van der Waals surface area contributed by atoms with Gasteiger partial charge in [0.25, 0.3) is 5.91 Å². The summed E-state index contributed by atoms with van der Waals surface area (Å²) in [5.74, 6) is -2.27. The van der Waals surface area contributed by atoms with Crippen molar-refractivity contribution in [1.29, 1.82) is 0 Å². The van der Waals surface area contributed by atoms with Gasteiger partial charge in [0.2, 0.25) is 11.8 Å². The third-order valence-corrected chi connectivity index (χ3v) is 5.63.